The summed E-state index contributed by atoms with van der Waals surface area (Å²) in [5.74, 6) is 0.937. The van der Waals surface area contributed by atoms with Crippen molar-refractivity contribution >= 4 is 5.91 Å². The van der Waals surface area contributed by atoms with E-state index in [9.17, 15) is 4.79 Å². The van der Waals surface area contributed by atoms with Crippen molar-refractivity contribution in [2.75, 3.05) is 13.6 Å². The number of hydrogen-bond donors (Lipinski definition) is 1. The summed E-state index contributed by atoms with van der Waals surface area (Å²) in [6.07, 6.45) is 8.09. The maximum absolute atomic E-state index is 11.9. The van der Waals surface area contributed by atoms with Crippen LogP contribution in [0.1, 0.15) is 51.9 Å². The number of nitrogens with zero attached hydrogens (tertiary/aromatic N) is 1. The van der Waals surface area contributed by atoms with Crippen LogP contribution >= 0.6 is 0 Å². The smallest absolute Gasteiger partial charge is 0.222 e. The third-order valence-corrected chi connectivity index (χ3v) is 3.53. The highest BCUT2D eigenvalue weighted by Crippen LogP contribution is 2.26. The van der Waals surface area contributed by atoms with E-state index in [1.54, 1.807) is 0 Å². The normalized spacial score (nSPS) is 19.4. The lowest BCUT2D eigenvalue weighted by atomic mass is 9.87. The lowest BCUT2D eigenvalue weighted by Crippen LogP contribution is -2.32. The molecular formula is C13H26N2O. The summed E-state index contributed by atoms with van der Waals surface area (Å²) in [6, 6.07) is 0.185. The topological polar surface area (TPSA) is 46.3 Å². The molecule has 0 heterocycles. The van der Waals surface area contributed by atoms with Gasteiger partial charge in [0.05, 0.1) is 0 Å². The molecule has 16 heavy (non-hydrogen) atoms. The van der Waals surface area contributed by atoms with E-state index in [0.717, 1.165) is 19.4 Å². The largest absolute Gasteiger partial charge is 0.346 e. The molecule has 1 rings (SSSR count). The van der Waals surface area contributed by atoms with E-state index in [-0.39, 0.29) is 6.04 Å². The Balaban J connectivity index is 2.22. The van der Waals surface area contributed by atoms with Gasteiger partial charge in [-0.05, 0) is 32.1 Å². The van der Waals surface area contributed by atoms with Crippen molar-refractivity contribution in [3.05, 3.63) is 0 Å². The number of amides is 1. The Morgan fingerprint density at radius 1 is 1.38 bits per heavy atom. The first-order valence-electron chi connectivity index (χ1n) is 6.59. The molecule has 1 atom stereocenters. The van der Waals surface area contributed by atoms with E-state index in [1.165, 1.54) is 32.1 Å². The highest BCUT2D eigenvalue weighted by Gasteiger charge is 2.19. The molecule has 0 aromatic rings. The average Bonchev–Trinajstić information content (AvgIpc) is 2.27. The van der Waals surface area contributed by atoms with Gasteiger partial charge in [0, 0.05) is 26.1 Å². The standard InChI is InChI=1S/C13H26N2O/c1-11(14)8-9-15(2)13(16)10-12-6-4-3-5-7-12/h11-12H,3-10,14H2,1-2H3. The molecule has 0 aliphatic heterocycles. The van der Waals surface area contributed by atoms with Gasteiger partial charge in [-0.25, -0.2) is 0 Å². The monoisotopic (exact) mass is 226 g/mol. The molecule has 1 aliphatic carbocycles. The second kappa shape index (κ2) is 6.89. The third-order valence-electron chi connectivity index (χ3n) is 3.53. The molecule has 0 radical (unpaired) electrons. The van der Waals surface area contributed by atoms with E-state index in [1.807, 2.05) is 18.9 Å². The lowest BCUT2D eigenvalue weighted by Gasteiger charge is -2.24. The maximum Gasteiger partial charge on any atom is 0.222 e. The fraction of sp³-hybridized carbons (Fsp3) is 0.923. The molecule has 94 valence electrons. The predicted molar refractivity (Wildman–Crippen MR) is 67.1 cm³/mol. The molecule has 3 nitrogen and oxygen atoms in total. The summed E-state index contributed by atoms with van der Waals surface area (Å²) in [4.78, 5) is 13.8. The molecule has 0 saturated heterocycles. The van der Waals surface area contributed by atoms with Crippen molar-refractivity contribution < 1.29 is 4.79 Å². The minimum Gasteiger partial charge on any atom is -0.346 e. The maximum atomic E-state index is 11.9. The minimum absolute atomic E-state index is 0.185. The van der Waals surface area contributed by atoms with Crippen molar-refractivity contribution in [1.29, 1.82) is 0 Å². The van der Waals surface area contributed by atoms with Crippen LogP contribution in [0.2, 0.25) is 0 Å². The van der Waals surface area contributed by atoms with Crippen LogP contribution in [0.5, 0.6) is 0 Å². The quantitative estimate of drug-likeness (QED) is 0.781. The molecule has 1 saturated carbocycles. The van der Waals surface area contributed by atoms with Gasteiger partial charge in [0.25, 0.3) is 0 Å². The van der Waals surface area contributed by atoms with Crippen molar-refractivity contribution in [3.63, 3.8) is 0 Å². The van der Waals surface area contributed by atoms with Crippen molar-refractivity contribution in [3.8, 4) is 0 Å². The van der Waals surface area contributed by atoms with Crippen LogP contribution in [-0.4, -0.2) is 30.4 Å². The fourth-order valence-electron chi connectivity index (χ4n) is 2.32. The Labute approximate surface area is 99.4 Å². The van der Waals surface area contributed by atoms with Gasteiger partial charge in [-0.3, -0.25) is 4.79 Å². The molecule has 2 N–H and O–H groups in total. The fourth-order valence-corrected chi connectivity index (χ4v) is 2.32. The van der Waals surface area contributed by atoms with Crippen LogP contribution < -0.4 is 5.73 Å². The molecule has 0 aromatic carbocycles. The van der Waals surface area contributed by atoms with Crippen molar-refractivity contribution in [2.45, 2.75) is 57.9 Å². The van der Waals surface area contributed by atoms with Gasteiger partial charge in [0.2, 0.25) is 5.91 Å². The molecule has 1 fully saturated rings. The van der Waals surface area contributed by atoms with Gasteiger partial charge < -0.3 is 10.6 Å². The Bertz CT molecular complexity index is 210. The Kier molecular flexibility index (Phi) is 5.81. The Morgan fingerprint density at radius 2 is 2.00 bits per heavy atom. The number of carbonyl (C=O) groups excluding carboxylic acids is 1. The van der Waals surface area contributed by atoms with Gasteiger partial charge >= 0.3 is 0 Å². The summed E-state index contributed by atoms with van der Waals surface area (Å²) < 4.78 is 0. The minimum atomic E-state index is 0.185. The SMILES string of the molecule is CC(N)CCN(C)C(=O)CC1CCCCC1. The number of carbonyl (C=O) groups is 1. The zero-order valence-corrected chi connectivity index (χ0v) is 10.7. The molecule has 0 bridgehead atoms. The Morgan fingerprint density at radius 3 is 2.56 bits per heavy atom. The first kappa shape index (κ1) is 13.5. The van der Waals surface area contributed by atoms with Crippen LogP contribution in [0.25, 0.3) is 0 Å². The molecule has 3 heteroatoms. The van der Waals surface area contributed by atoms with E-state index in [4.69, 9.17) is 5.73 Å². The van der Waals surface area contributed by atoms with Crippen LogP contribution in [0.4, 0.5) is 0 Å². The van der Waals surface area contributed by atoms with Crippen molar-refractivity contribution in [2.24, 2.45) is 11.7 Å². The zero-order chi connectivity index (χ0) is 12.0. The summed E-state index contributed by atoms with van der Waals surface area (Å²) in [7, 11) is 1.90. The molecule has 1 aliphatic rings. The second-order valence-electron chi connectivity index (χ2n) is 5.29. The molecule has 0 aromatic heterocycles. The van der Waals surface area contributed by atoms with Crippen LogP contribution in [0, 0.1) is 5.92 Å². The zero-order valence-electron chi connectivity index (χ0n) is 10.7. The first-order valence-corrected chi connectivity index (χ1v) is 6.59. The van der Waals surface area contributed by atoms with Gasteiger partial charge in [-0.1, -0.05) is 19.3 Å². The van der Waals surface area contributed by atoms with Gasteiger partial charge in [-0.2, -0.15) is 0 Å². The molecule has 0 spiro atoms. The van der Waals surface area contributed by atoms with Crippen LogP contribution in [-0.2, 0) is 4.79 Å². The van der Waals surface area contributed by atoms with Gasteiger partial charge in [-0.15, -0.1) is 0 Å². The predicted octanol–water partition coefficient (Wildman–Crippen LogP) is 2.15. The highest BCUT2D eigenvalue weighted by molar-refractivity contribution is 5.76. The number of rotatable bonds is 5. The van der Waals surface area contributed by atoms with Crippen LogP contribution in [0.3, 0.4) is 0 Å². The van der Waals surface area contributed by atoms with E-state index in [2.05, 4.69) is 0 Å². The van der Waals surface area contributed by atoms with Crippen LogP contribution in [0.15, 0.2) is 0 Å². The Hall–Kier alpha value is -0.570. The number of nitrogens with two attached hydrogens (primary N) is 1. The van der Waals surface area contributed by atoms with E-state index in [0.29, 0.717) is 11.8 Å². The van der Waals surface area contributed by atoms with Crippen molar-refractivity contribution in [1.82, 2.24) is 4.90 Å². The van der Waals surface area contributed by atoms with E-state index >= 15 is 0 Å². The molecule has 1 unspecified atom stereocenters. The number of hydrogen-bond acceptors (Lipinski definition) is 2. The van der Waals surface area contributed by atoms with Gasteiger partial charge in [0.1, 0.15) is 0 Å². The van der Waals surface area contributed by atoms with Gasteiger partial charge in [0.15, 0.2) is 0 Å². The summed E-state index contributed by atoms with van der Waals surface area (Å²) in [6.45, 7) is 2.78. The lowest BCUT2D eigenvalue weighted by molar-refractivity contribution is -0.131. The summed E-state index contributed by atoms with van der Waals surface area (Å²) in [5.41, 5.74) is 5.69. The highest BCUT2D eigenvalue weighted by atomic mass is 16.2. The summed E-state index contributed by atoms with van der Waals surface area (Å²) in [5, 5.41) is 0. The first-order chi connectivity index (χ1) is 7.59. The molecule has 1 amide bonds. The average molecular weight is 226 g/mol. The van der Waals surface area contributed by atoms with E-state index < -0.39 is 0 Å². The second-order valence-corrected chi connectivity index (χ2v) is 5.29. The molecular weight excluding hydrogens is 200 g/mol. The third kappa shape index (κ3) is 4.97. The summed E-state index contributed by atoms with van der Waals surface area (Å²) >= 11 is 0.